The summed E-state index contributed by atoms with van der Waals surface area (Å²) in [6, 6.07) is 0. The molecule has 0 aromatic heterocycles. The Morgan fingerprint density at radius 2 is 2.29 bits per heavy atom. The van der Waals surface area contributed by atoms with Crippen molar-refractivity contribution < 1.29 is 4.74 Å². The maximum atomic E-state index is 5.55. The molecule has 0 aromatic carbocycles. The van der Waals surface area contributed by atoms with Crippen molar-refractivity contribution in [1.29, 1.82) is 0 Å². The molecule has 14 heavy (non-hydrogen) atoms. The lowest BCUT2D eigenvalue weighted by molar-refractivity contribution is 0.108. The van der Waals surface area contributed by atoms with Gasteiger partial charge in [0.1, 0.15) is 0 Å². The Morgan fingerprint density at radius 1 is 1.43 bits per heavy atom. The molecule has 0 amide bonds. The Labute approximate surface area is 96.1 Å². The van der Waals surface area contributed by atoms with Gasteiger partial charge in [-0.3, -0.25) is 0 Å². The van der Waals surface area contributed by atoms with Gasteiger partial charge in [-0.05, 0) is 25.3 Å². The summed E-state index contributed by atoms with van der Waals surface area (Å²) >= 11 is 3.55. The van der Waals surface area contributed by atoms with Crippen LogP contribution in [0.5, 0.6) is 0 Å². The third kappa shape index (κ3) is 4.76. The number of hydrogen-bond acceptors (Lipinski definition) is 2. The van der Waals surface area contributed by atoms with E-state index in [1.165, 1.54) is 32.4 Å². The number of unbranched alkanes of at least 4 members (excludes halogenated alkanes) is 1. The number of alkyl halides is 1. The highest BCUT2D eigenvalue weighted by molar-refractivity contribution is 9.09. The smallest absolute Gasteiger partial charge is 0.0593 e. The predicted octanol–water partition coefficient (Wildman–Crippen LogP) is 2.52. The van der Waals surface area contributed by atoms with E-state index in [0.717, 1.165) is 31.0 Å². The van der Waals surface area contributed by atoms with Gasteiger partial charge in [-0.15, -0.1) is 0 Å². The van der Waals surface area contributed by atoms with Gasteiger partial charge in [-0.2, -0.15) is 0 Å². The van der Waals surface area contributed by atoms with Crippen molar-refractivity contribution in [3.05, 3.63) is 0 Å². The van der Waals surface area contributed by atoms with E-state index in [9.17, 15) is 0 Å². The van der Waals surface area contributed by atoms with Gasteiger partial charge >= 0.3 is 0 Å². The van der Waals surface area contributed by atoms with Crippen molar-refractivity contribution in [2.75, 3.05) is 38.2 Å². The van der Waals surface area contributed by atoms with Crippen LogP contribution in [0.3, 0.4) is 0 Å². The molecule has 0 N–H and O–H groups in total. The highest BCUT2D eigenvalue weighted by Crippen LogP contribution is 2.17. The SMILES string of the molecule is CCCCOCCN1CCC(CBr)C1. The number of ether oxygens (including phenoxy) is 1. The number of hydrogen-bond donors (Lipinski definition) is 0. The first-order chi connectivity index (χ1) is 6.86. The van der Waals surface area contributed by atoms with E-state index in [-0.39, 0.29) is 0 Å². The summed E-state index contributed by atoms with van der Waals surface area (Å²) in [5.41, 5.74) is 0. The molecular weight excluding hydrogens is 242 g/mol. The molecular formula is C11H22BrNO. The molecule has 1 aliphatic rings. The number of halogens is 1. The molecule has 0 radical (unpaired) electrons. The maximum absolute atomic E-state index is 5.55. The summed E-state index contributed by atoms with van der Waals surface area (Å²) < 4.78 is 5.55. The second-order valence-electron chi connectivity index (χ2n) is 4.08. The van der Waals surface area contributed by atoms with Crippen molar-refractivity contribution >= 4 is 15.9 Å². The van der Waals surface area contributed by atoms with Crippen LogP contribution in [0.1, 0.15) is 26.2 Å². The highest BCUT2D eigenvalue weighted by atomic mass is 79.9. The lowest BCUT2D eigenvalue weighted by Crippen LogP contribution is -2.25. The minimum absolute atomic E-state index is 0.866. The minimum Gasteiger partial charge on any atom is -0.380 e. The van der Waals surface area contributed by atoms with Crippen LogP contribution in [0.4, 0.5) is 0 Å². The molecule has 0 aromatic rings. The first-order valence-corrected chi connectivity index (χ1v) is 6.85. The standard InChI is InChI=1S/C11H22BrNO/c1-2-3-7-14-8-6-13-5-4-11(9-12)10-13/h11H,2-10H2,1H3. The molecule has 1 aliphatic heterocycles. The Morgan fingerprint density at radius 3 is 2.93 bits per heavy atom. The highest BCUT2D eigenvalue weighted by Gasteiger charge is 2.20. The fourth-order valence-electron chi connectivity index (χ4n) is 1.78. The van der Waals surface area contributed by atoms with Gasteiger partial charge in [0.05, 0.1) is 6.61 Å². The molecule has 0 aliphatic carbocycles. The van der Waals surface area contributed by atoms with Crippen molar-refractivity contribution in [2.45, 2.75) is 26.2 Å². The lowest BCUT2D eigenvalue weighted by Gasteiger charge is -2.15. The van der Waals surface area contributed by atoms with Gasteiger partial charge in [0.15, 0.2) is 0 Å². The first kappa shape index (κ1) is 12.5. The average Bonchev–Trinajstić information content (AvgIpc) is 2.65. The summed E-state index contributed by atoms with van der Waals surface area (Å²) in [6.07, 6.45) is 3.78. The van der Waals surface area contributed by atoms with Gasteiger partial charge in [-0.1, -0.05) is 29.3 Å². The van der Waals surface area contributed by atoms with Crippen LogP contribution in [0.2, 0.25) is 0 Å². The molecule has 0 spiro atoms. The number of rotatable bonds is 7. The second-order valence-corrected chi connectivity index (χ2v) is 4.72. The van der Waals surface area contributed by atoms with Crippen LogP contribution in [0, 0.1) is 5.92 Å². The predicted molar refractivity (Wildman–Crippen MR) is 64.1 cm³/mol. The Hall–Kier alpha value is 0.400. The van der Waals surface area contributed by atoms with Gasteiger partial charge < -0.3 is 9.64 Å². The zero-order valence-corrected chi connectivity index (χ0v) is 10.8. The Bertz CT molecular complexity index is 143. The van der Waals surface area contributed by atoms with E-state index in [1.54, 1.807) is 0 Å². The van der Waals surface area contributed by atoms with Crippen LogP contribution in [-0.4, -0.2) is 43.1 Å². The quantitative estimate of drug-likeness (QED) is 0.517. The average molecular weight is 264 g/mol. The minimum atomic E-state index is 0.866. The van der Waals surface area contributed by atoms with Crippen molar-refractivity contribution in [1.82, 2.24) is 4.90 Å². The van der Waals surface area contributed by atoms with Crippen LogP contribution >= 0.6 is 15.9 Å². The van der Waals surface area contributed by atoms with E-state index in [4.69, 9.17) is 4.74 Å². The maximum Gasteiger partial charge on any atom is 0.0593 e. The third-order valence-corrected chi connectivity index (χ3v) is 3.70. The molecule has 1 heterocycles. The van der Waals surface area contributed by atoms with Gasteiger partial charge in [-0.25, -0.2) is 0 Å². The van der Waals surface area contributed by atoms with Crippen molar-refractivity contribution in [3.8, 4) is 0 Å². The fourth-order valence-corrected chi connectivity index (χ4v) is 2.31. The van der Waals surface area contributed by atoms with E-state index in [0.29, 0.717) is 0 Å². The molecule has 84 valence electrons. The molecule has 2 nitrogen and oxygen atoms in total. The van der Waals surface area contributed by atoms with E-state index in [1.807, 2.05) is 0 Å². The summed E-state index contributed by atoms with van der Waals surface area (Å²) in [4.78, 5) is 2.51. The summed E-state index contributed by atoms with van der Waals surface area (Å²) in [5.74, 6) is 0.866. The lowest BCUT2D eigenvalue weighted by atomic mass is 10.2. The summed E-state index contributed by atoms with van der Waals surface area (Å²) in [7, 11) is 0. The molecule has 3 heteroatoms. The number of likely N-dealkylation sites (tertiary alicyclic amines) is 1. The topological polar surface area (TPSA) is 12.5 Å². The fraction of sp³-hybridized carbons (Fsp3) is 1.00. The van der Waals surface area contributed by atoms with E-state index in [2.05, 4.69) is 27.8 Å². The summed E-state index contributed by atoms with van der Waals surface area (Å²) in [5, 5.41) is 1.15. The van der Waals surface area contributed by atoms with Crippen molar-refractivity contribution in [2.24, 2.45) is 5.92 Å². The molecule has 1 saturated heterocycles. The van der Waals surface area contributed by atoms with Gasteiger partial charge in [0, 0.05) is 25.0 Å². The molecule has 1 fully saturated rings. The van der Waals surface area contributed by atoms with Crippen molar-refractivity contribution in [3.63, 3.8) is 0 Å². The first-order valence-electron chi connectivity index (χ1n) is 5.73. The number of nitrogens with zero attached hydrogens (tertiary/aromatic N) is 1. The largest absolute Gasteiger partial charge is 0.380 e. The van der Waals surface area contributed by atoms with Crippen LogP contribution in [0.25, 0.3) is 0 Å². The van der Waals surface area contributed by atoms with Gasteiger partial charge in [0.2, 0.25) is 0 Å². The monoisotopic (exact) mass is 263 g/mol. The molecule has 1 rings (SSSR count). The Balaban J connectivity index is 1.92. The van der Waals surface area contributed by atoms with E-state index >= 15 is 0 Å². The molecule has 0 saturated carbocycles. The van der Waals surface area contributed by atoms with Crippen LogP contribution in [-0.2, 0) is 4.74 Å². The summed E-state index contributed by atoms with van der Waals surface area (Å²) in [6.45, 7) is 7.68. The molecule has 1 unspecified atom stereocenters. The zero-order chi connectivity index (χ0) is 10.2. The normalized spacial score (nSPS) is 23.1. The van der Waals surface area contributed by atoms with E-state index < -0.39 is 0 Å². The third-order valence-electron chi connectivity index (χ3n) is 2.78. The molecule has 1 atom stereocenters. The van der Waals surface area contributed by atoms with Crippen LogP contribution < -0.4 is 0 Å². The Kier molecular flexibility index (Phi) is 6.82. The van der Waals surface area contributed by atoms with Gasteiger partial charge in [0.25, 0.3) is 0 Å². The van der Waals surface area contributed by atoms with Crippen LogP contribution in [0.15, 0.2) is 0 Å². The molecule has 0 bridgehead atoms. The second kappa shape index (κ2) is 7.66. The zero-order valence-electron chi connectivity index (χ0n) is 9.17.